The first-order valence-corrected chi connectivity index (χ1v) is 12.8. The molecule has 0 spiro atoms. The van der Waals surface area contributed by atoms with Gasteiger partial charge in [0.2, 0.25) is 0 Å². The van der Waals surface area contributed by atoms with E-state index in [-0.39, 0.29) is 31.1 Å². The van der Waals surface area contributed by atoms with Gasteiger partial charge < -0.3 is 20.2 Å². The van der Waals surface area contributed by atoms with E-state index in [9.17, 15) is 27.9 Å². The summed E-state index contributed by atoms with van der Waals surface area (Å²) in [5, 5.41) is 15.6. The third-order valence-corrected chi connectivity index (χ3v) is 8.04. The Balaban J connectivity index is 1.29. The summed E-state index contributed by atoms with van der Waals surface area (Å²) in [5.41, 5.74) is -2.28. The molecular weight excluding hydrogens is 517 g/mol. The van der Waals surface area contributed by atoms with Crippen LogP contribution in [0.15, 0.2) is 35.7 Å². The Bertz CT molecular complexity index is 1100. The average Bonchev–Trinajstić information content (AvgIpc) is 3.34. The monoisotopic (exact) mass is 544 g/mol. The minimum atomic E-state index is -5.11. The number of likely N-dealkylation sites (tertiary alicyclic amines) is 2. The number of thiophene rings is 1. The largest absolute Gasteiger partial charge is 0.431 e. The zero-order valence-corrected chi connectivity index (χ0v) is 21.5. The number of carbonyl (C=O) groups excluding carboxylic acids is 2. The van der Waals surface area contributed by atoms with E-state index < -0.39 is 22.6 Å². The number of alkyl halides is 3. The molecule has 2 saturated heterocycles. The number of anilines is 1. The van der Waals surface area contributed by atoms with Crippen LogP contribution in [0.3, 0.4) is 0 Å². The van der Waals surface area contributed by atoms with Crippen LogP contribution in [-0.2, 0) is 10.4 Å². The van der Waals surface area contributed by atoms with Crippen molar-refractivity contribution in [2.45, 2.75) is 36.7 Å². The van der Waals surface area contributed by atoms with Crippen LogP contribution < -0.4 is 5.32 Å². The topological polar surface area (TPSA) is 76.1 Å². The second-order valence-corrected chi connectivity index (χ2v) is 10.8. The Kier molecular flexibility index (Phi) is 7.57. The Morgan fingerprint density at radius 2 is 1.83 bits per heavy atom. The van der Waals surface area contributed by atoms with Gasteiger partial charge in [0.1, 0.15) is 0 Å². The minimum Gasteiger partial charge on any atom is -0.380 e. The van der Waals surface area contributed by atoms with E-state index in [0.29, 0.717) is 34.8 Å². The molecule has 12 heteroatoms. The third-order valence-electron chi connectivity index (χ3n) is 6.75. The Hall–Kier alpha value is -2.34. The van der Waals surface area contributed by atoms with Crippen LogP contribution in [-0.4, -0.2) is 90.2 Å². The molecule has 0 aliphatic carbocycles. The molecule has 2 aliphatic rings. The van der Waals surface area contributed by atoms with Crippen molar-refractivity contribution in [1.82, 2.24) is 14.7 Å². The number of carbonyl (C=O) groups is 2. The van der Waals surface area contributed by atoms with Crippen LogP contribution >= 0.6 is 22.9 Å². The van der Waals surface area contributed by atoms with Gasteiger partial charge in [0.25, 0.3) is 17.4 Å². The van der Waals surface area contributed by atoms with Gasteiger partial charge in [-0.2, -0.15) is 13.2 Å². The van der Waals surface area contributed by atoms with Gasteiger partial charge in [0, 0.05) is 52.0 Å². The molecule has 36 heavy (non-hydrogen) atoms. The number of amides is 2. The molecule has 3 heterocycles. The highest BCUT2D eigenvalue weighted by atomic mass is 35.5. The maximum absolute atomic E-state index is 13.8. The molecule has 4 rings (SSSR count). The number of benzene rings is 1. The lowest BCUT2D eigenvalue weighted by Crippen LogP contribution is -2.62. The van der Waals surface area contributed by atoms with Crippen LogP contribution in [0.25, 0.3) is 0 Å². The van der Waals surface area contributed by atoms with Gasteiger partial charge in [0.15, 0.2) is 0 Å². The molecule has 2 N–H and O–H groups in total. The molecule has 1 unspecified atom stereocenters. The quantitative estimate of drug-likeness (QED) is 0.581. The van der Waals surface area contributed by atoms with Crippen molar-refractivity contribution in [3.8, 4) is 0 Å². The summed E-state index contributed by atoms with van der Waals surface area (Å²) in [6.07, 6.45) is -4.04. The lowest BCUT2D eigenvalue weighted by atomic mass is 9.94. The number of hydrogen-bond donors (Lipinski definition) is 2. The number of nitrogens with one attached hydrogen (secondary N) is 1. The van der Waals surface area contributed by atoms with Crippen molar-refractivity contribution < 1.29 is 27.9 Å². The van der Waals surface area contributed by atoms with Gasteiger partial charge >= 0.3 is 6.18 Å². The van der Waals surface area contributed by atoms with E-state index in [1.165, 1.54) is 16.3 Å². The van der Waals surface area contributed by atoms with E-state index in [4.69, 9.17) is 11.6 Å². The molecule has 1 aromatic heterocycles. The first-order valence-electron chi connectivity index (χ1n) is 11.6. The second kappa shape index (κ2) is 10.2. The van der Waals surface area contributed by atoms with Gasteiger partial charge in [0.05, 0.1) is 21.5 Å². The zero-order valence-electron chi connectivity index (χ0n) is 19.9. The summed E-state index contributed by atoms with van der Waals surface area (Å²) >= 11 is 6.99. The smallest absolute Gasteiger partial charge is 0.380 e. The molecule has 196 valence electrons. The highest BCUT2D eigenvalue weighted by molar-refractivity contribution is 7.10. The van der Waals surface area contributed by atoms with Crippen molar-refractivity contribution >= 4 is 40.4 Å². The number of rotatable bonds is 6. The summed E-state index contributed by atoms with van der Waals surface area (Å²) in [6.45, 7) is 1.80. The van der Waals surface area contributed by atoms with Gasteiger partial charge in [-0.15, -0.1) is 11.3 Å². The fraction of sp³-hybridized carbons (Fsp3) is 0.500. The number of nitrogens with zero attached hydrogens (tertiary/aromatic N) is 3. The average molecular weight is 545 g/mol. The lowest BCUT2D eigenvalue weighted by molar-refractivity contribution is -0.261. The van der Waals surface area contributed by atoms with Crippen molar-refractivity contribution in [3.05, 3.63) is 51.2 Å². The van der Waals surface area contributed by atoms with Gasteiger partial charge in [-0.3, -0.25) is 14.5 Å². The Morgan fingerprint density at radius 1 is 1.17 bits per heavy atom. The summed E-state index contributed by atoms with van der Waals surface area (Å²) in [6, 6.07) is 8.06. The van der Waals surface area contributed by atoms with Gasteiger partial charge in [-0.05, 0) is 42.5 Å². The normalized spacial score (nSPS) is 19.5. The van der Waals surface area contributed by atoms with E-state index in [1.54, 1.807) is 26.2 Å². The van der Waals surface area contributed by atoms with E-state index in [0.717, 1.165) is 29.7 Å². The van der Waals surface area contributed by atoms with Crippen LogP contribution in [0.1, 0.15) is 28.1 Å². The third kappa shape index (κ3) is 5.06. The summed E-state index contributed by atoms with van der Waals surface area (Å²) in [7, 11) is 3.32. The first kappa shape index (κ1) is 26.7. The summed E-state index contributed by atoms with van der Waals surface area (Å²) < 4.78 is 41.3. The number of halogens is 4. The van der Waals surface area contributed by atoms with Crippen LogP contribution in [0.5, 0.6) is 0 Å². The molecule has 0 bridgehead atoms. The van der Waals surface area contributed by atoms with Crippen molar-refractivity contribution in [3.63, 3.8) is 0 Å². The zero-order chi connectivity index (χ0) is 26.3. The molecule has 1 atom stereocenters. The van der Waals surface area contributed by atoms with Crippen molar-refractivity contribution in [1.29, 1.82) is 0 Å². The molecule has 2 aromatic rings. The van der Waals surface area contributed by atoms with Crippen molar-refractivity contribution in [2.24, 2.45) is 0 Å². The molecule has 2 amide bonds. The molecule has 7 nitrogen and oxygen atoms in total. The molecule has 2 aliphatic heterocycles. The molecule has 1 aromatic carbocycles. The number of hydrogen-bond acceptors (Lipinski definition) is 6. The Morgan fingerprint density at radius 3 is 2.36 bits per heavy atom. The van der Waals surface area contributed by atoms with Crippen LogP contribution in [0.2, 0.25) is 5.02 Å². The number of aliphatic hydroxyl groups is 1. The molecule has 2 fully saturated rings. The highest BCUT2D eigenvalue weighted by Gasteiger charge is 2.63. The molecular formula is C24H28ClF3N4O3S. The number of piperidine rings is 1. The van der Waals surface area contributed by atoms with Crippen LogP contribution in [0, 0.1) is 0 Å². The minimum absolute atomic E-state index is 0.150. The second-order valence-electron chi connectivity index (χ2n) is 9.40. The molecule has 0 saturated carbocycles. The first-order chi connectivity index (χ1) is 16.9. The van der Waals surface area contributed by atoms with Gasteiger partial charge in [-0.25, -0.2) is 0 Å². The molecule has 0 radical (unpaired) electrons. The fourth-order valence-electron chi connectivity index (χ4n) is 4.67. The van der Waals surface area contributed by atoms with Crippen LogP contribution in [0.4, 0.5) is 18.9 Å². The van der Waals surface area contributed by atoms with Gasteiger partial charge in [-0.1, -0.05) is 17.7 Å². The maximum atomic E-state index is 13.8. The Labute approximate surface area is 216 Å². The maximum Gasteiger partial charge on any atom is 0.431 e. The lowest BCUT2D eigenvalue weighted by Gasteiger charge is -2.48. The standard InChI is InChI=1S/C24H28ClF3N4O3S/c1-30(2)21(33)18-6-5-15(12-19(18)25)29-16-13-32(14-16)17-7-9-31(10-8-17)22(34)23(35,24(26,27)28)20-4-3-11-36-20/h3-6,11-12,16-17,29,35H,7-10,13-14H2,1-2H3. The predicted molar refractivity (Wildman–Crippen MR) is 132 cm³/mol. The van der Waals surface area contributed by atoms with Crippen molar-refractivity contribution in [2.75, 3.05) is 45.6 Å². The van der Waals surface area contributed by atoms with E-state index >= 15 is 0 Å². The fourth-order valence-corrected chi connectivity index (χ4v) is 5.77. The highest BCUT2D eigenvalue weighted by Crippen LogP contribution is 2.43. The summed E-state index contributed by atoms with van der Waals surface area (Å²) in [5.74, 6) is -1.48. The predicted octanol–water partition coefficient (Wildman–Crippen LogP) is 3.64. The van der Waals surface area contributed by atoms with E-state index in [2.05, 4.69) is 10.2 Å². The summed E-state index contributed by atoms with van der Waals surface area (Å²) in [4.78, 5) is 29.4. The SMILES string of the molecule is CN(C)C(=O)c1ccc(NC2CN(C3CCN(C(=O)C(O)(c4cccs4)C(F)(F)F)CC3)C2)cc1Cl. The van der Waals surface area contributed by atoms with E-state index in [1.807, 2.05) is 6.07 Å².